The van der Waals surface area contributed by atoms with E-state index in [1.165, 1.54) is 14.2 Å². The van der Waals surface area contributed by atoms with Gasteiger partial charge in [0.05, 0.1) is 14.2 Å². The molecule has 4 nitrogen and oxygen atoms in total. The average Bonchev–Trinajstić information content (AvgIpc) is 2.39. The first-order valence-corrected chi connectivity index (χ1v) is 5.80. The minimum Gasteiger partial charge on any atom is -0.494 e. The Labute approximate surface area is 113 Å². The van der Waals surface area contributed by atoms with Crippen LogP contribution < -0.4 is 15.2 Å². The van der Waals surface area contributed by atoms with Gasteiger partial charge in [-0.1, -0.05) is 6.58 Å². The van der Waals surface area contributed by atoms with Crippen LogP contribution >= 0.6 is 0 Å². The quantitative estimate of drug-likeness (QED) is 0.654. The molecule has 1 aromatic rings. The molecule has 0 spiro atoms. The monoisotopic (exact) mass is 261 g/mol. The summed E-state index contributed by atoms with van der Waals surface area (Å²) in [7, 11) is 3.06. The Morgan fingerprint density at radius 3 is 2.05 bits per heavy atom. The van der Waals surface area contributed by atoms with Gasteiger partial charge in [0.1, 0.15) is 17.2 Å². The number of allylic oxidation sites excluding steroid dienone is 2. The highest BCUT2D eigenvalue weighted by Crippen LogP contribution is 2.33. The zero-order valence-corrected chi connectivity index (χ0v) is 11.7. The lowest BCUT2D eigenvalue weighted by Gasteiger charge is -2.11. The number of carbonyl (C=O) groups is 1. The van der Waals surface area contributed by atoms with E-state index in [1.807, 2.05) is 0 Å². The van der Waals surface area contributed by atoms with E-state index < -0.39 is 0 Å². The van der Waals surface area contributed by atoms with E-state index in [0.717, 1.165) is 5.56 Å². The summed E-state index contributed by atoms with van der Waals surface area (Å²) in [4.78, 5) is 11.8. The van der Waals surface area contributed by atoms with Crippen LogP contribution in [0.25, 0.3) is 6.08 Å². The molecular weight excluding hydrogens is 242 g/mol. The second-order valence-corrected chi connectivity index (χ2v) is 4.28. The van der Waals surface area contributed by atoms with E-state index in [2.05, 4.69) is 6.58 Å². The molecule has 0 saturated carbocycles. The zero-order valence-electron chi connectivity index (χ0n) is 11.7. The number of nitrogens with two attached hydrogens (primary N) is 1. The van der Waals surface area contributed by atoms with Gasteiger partial charge in [-0.25, -0.2) is 0 Å². The summed E-state index contributed by atoms with van der Waals surface area (Å²) < 4.78 is 10.4. The van der Waals surface area contributed by atoms with Crippen LogP contribution in [-0.4, -0.2) is 20.0 Å². The predicted octanol–water partition coefficient (Wildman–Crippen LogP) is 2.83. The third-order valence-corrected chi connectivity index (χ3v) is 2.70. The molecule has 0 saturated heterocycles. The maximum absolute atomic E-state index is 11.8. The Morgan fingerprint density at radius 1 is 1.21 bits per heavy atom. The smallest absolute Gasteiger partial charge is 0.183 e. The molecule has 0 amide bonds. The van der Waals surface area contributed by atoms with Crippen molar-refractivity contribution >= 4 is 17.5 Å². The van der Waals surface area contributed by atoms with Gasteiger partial charge in [0.2, 0.25) is 0 Å². The van der Waals surface area contributed by atoms with Crippen LogP contribution in [0.5, 0.6) is 11.5 Å². The Bertz CT molecular complexity index is 519. The van der Waals surface area contributed by atoms with Crippen molar-refractivity contribution in [2.45, 2.75) is 13.8 Å². The van der Waals surface area contributed by atoms with Crippen LogP contribution in [0.4, 0.5) is 5.69 Å². The van der Waals surface area contributed by atoms with Crippen molar-refractivity contribution < 1.29 is 14.3 Å². The van der Waals surface area contributed by atoms with Crippen molar-refractivity contribution in [2.75, 3.05) is 20.0 Å². The maximum Gasteiger partial charge on any atom is 0.183 e. The normalized spacial score (nSPS) is 11.1. The first kappa shape index (κ1) is 14.8. The number of carbonyl (C=O) groups excluding carboxylic acids is 1. The van der Waals surface area contributed by atoms with Gasteiger partial charge < -0.3 is 15.2 Å². The lowest BCUT2D eigenvalue weighted by molar-refractivity contribution is -0.112. The molecule has 0 aliphatic carbocycles. The third kappa shape index (κ3) is 3.37. The molecule has 0 unspecified atom stereocenters. The molecule has 0 atom stereocenters. The van der Waals surface area contributed by atoms with Crippen molar-refractivity contribution in [2.24, 2.45) is 0 Å². The van der Waals surface area contributed by atoms with Gasteiger partial charge in [0, 0.05) is 0 Å². The number of benzene rings is 1. The standard InChI is InChI=1S/C15H19NO3/c1-9(2)15(17)10(3)6-11-7-12(18-4)14(16)13(8-11)19-5/h6-8H,1,16H2,2-5H3. The van der Waals surface area contributed by atoms with Gasteiger partial charge in [0.25, 0.3) is 0 Å². The molecule has 0 aliphatic rings. The lowest BCUT2D eigenvalue weighted by atomic mass is 10.0. The fourth-order valence-corrected chi connectivity index (χ4v) is 1.69. The Balaban J connectivity index is 3.25. The second-order valence-electron chi connectivity index (χ2n) is 4.28. The van der Waals surface area contributed by atoms with E-state index in [-0.39, 0.29) is 5.78 Å². The summed E-state index contributed by atoms with van der Waals surface area (Å²) >= 11 is 0. The Hall–Kier alpha value is -2.23. The highest BCUT2D eigenvalue weighted by atomic mass is 16.5. The van der Waals surface area contributed by atoms with E-state index in [0.29, 0.717) is 28.3 Å². The number of hydrogen-bond donors (Lipinski definition) is 1. The van der Waals surface area contributed by atoms with Gasteiger partial charge in [-0.05, 0) is 48.8 Å². The molecule has 0 aromatic heterocycles. The molecule has 1 rings (SSSR count). The van der Waals surface area contributed by atoms with Crippen LogP contribution in [-0.2, 0) is 4.79 Å². The van der Waals surface area contributed by atoms with Gasteiger partial charge in [-0.15, -0.1) is 0 Å². The minimum absolute atomic E-state index is 0.0743. The van der Waals surface area contributed by atoms with E-state index in [9.17, 15) is 4.79 Å². The topological polar surface area (TPSA) is 61.5 Å². The molecule has 102 valence electrons. The van der Waals surface area contributed by atoms with Crippen LogP contribution in [0.2, 0.25) is 0 Å². The number of ether oxygens (including phenoxy) is 2. The number of ketones is 1. The number of hydrogen-bond acceptors (Lipinski definition) is 4. The number of rotatable bonds is 5. The average molecular weight is 261 g/mol. The first-order chi connectivity index (χ1) is 8.90. The molecule has 0 radical (unpaired) electrons. The molecule has 19 heavy (non-hydrogen) atoms. The molecule has 4 heteroatoms. The van der Waals surface area contributed by atoms with E-state index in [4.69, 9.17) is 15.2 Å². The number of methoxy groups -OCH3 is 2. The van der Waals surface area contributed by atoms with Gasteiger partial charge in [-0.3, -0.25) is 4.79 Å². The van der Waals surface area contributed by atoms with Crippen LogP contribution in [0, 0.1) is 0 Å². The lowest BCUT2D eigenvalue weighted by Crippen LogP contribution is -2.00. The summed E-state index contributed by atoms with van der Waals surface area (Å²) in [6.45, 7) is 7.07. The van der Waals surface area contributed by atoms with Crippen molar-refractivity contribution in [3.05, 3.63) is 35.4 Å². The Kier molecular flexibility index (Phi) is 4.75. The van der Waals surface area contributed by atoms with E-state index >= 15 is 0 Å². The zero-order chi connectivity index (χ0) is 14.6. The van der Waals surface area contributed by atoms with Crippen molar-refractivity contribution in [1.29, 1.82) is 0 Å². The number of Topliss-reactive ketones (excluding diaryl/α,β-unsaturated/α-hetero) is 1. The van der Waals surface area contributed by atoms with Crippen molar-refractivity contribution in [3.8, 4) is 11.5 Å². The minimum atomic E-state index is -0.0743. The summed E-state index contributed by atoms with van der Waals surface area (Å²) in [5, 5.41) is 0. The van der Waals surface area contributed by atoms with Crippen LogP contribution in [0.3, 0.4) is 0 Å². The van der Waals surface area contributed by atoms with Gasteiger partial charge in [-0.2, -0.15) is 0 Å². The van der Waals surface area contributed by atoms with Gasteiger partial charge in [0.15, 0.2) is 5.78 Å². The first-order valence-electron chi connectivity index (χ1n) is 5.80. The molecule has 2 N–H and O–H groups in total. The number of anilines is 1. The SMILES string of the molecule is C=C(C)C(=O)C(C)=Cc1cc(OC)c(N)c(OC)c1. The van der Waals surface area contributed by atoms with Crippen LogP contribution in [0.1, 0.15) is 19.4 Å². The third-order valence-electron chi connectivity index (χ3n) is 2.70. The molecule has 1 aromatic carbocycles. The summed E-state index contributed by atoms with van der Waals surface area (Å²) in [5.41, 5.74) is 8.18. The molecule has 0 fully saturated rings. The Morgan fingerprint density at radius 2 is 1.68 bits per heavy atom. The molecular formula is C15H19NO3. The van der Waals surface area contributed by atoms with E-state index in [1.54, 1.807) is 32.1 Å². The van der Waals surface area contributed by atoms with Crippen molar-refractivity contribution in [3.63, 3.8) is 0 Å². The fourth-order valence-electron chi connectivity index (χ4n) is 1.69. The fraction of sp³-hybridized carbons (Fsp3) is 0.267. The summed E-state index contributed by atoms with van der Waals surface area (Å²) in [6, 6.07) is 3.51. The summed E-state index contributed by atoms with van der Waals surface area (Å²) in [5.74, 6) is 0.956. The predicted molar refractivity (Wildman–Crippen MR) is 77.4 cm³/mol. The molecule has 0 aliphatic heterocycles. The highest BCUT2D eigenvalue weighted by Gasteiger charge is 2.10. The van der Waals surface area contributed by atoms with Crippen molar-refractivity contribution in [1.82, 2.24) is 0 Å². The number of nitrogen functional groups attached to an aromatic ring is 1. The maximum atomic E-state index is 11.8. The van der Waals surface area contributed by atoms with Crippen LogP contribution in [0.15, 0.2) is 29.9 Å². The summed E-state index contributed by atoms with van der Waals surface area (Å²) in [6.07, 6.45) is 1.75. The largest absolute Gasteiger partial charge is 0.494 e. The molecule has 0 bridgehead atoms. The second kappa shape index (κ2) is 6.09. The highest BCUT2D eigenvalue weighted by molar-refractivity contribution is 6.09. The molecule has 0 heterocycles. The van der Waals surface area contributed by atoms with Gasteiger partial charge >= 0.3 is 0 Å².